The minimum Gasteiger partial charge on any atom is -0.381 e. The Kier molecular flexibility index (Phi) is 10.0. The molecule has 2 aromatic carbocycles. The summed E-state index contributed by atoms with van der Waals surface area (Å²) in [5.74, 6) is -5.39. The van der Waals surface area contributed by atoms with Gasteiger partial charge in [-0.05, 0) is 60.6 Å². The van der Waals surface area contributed by atoms with Crippen LogP contribution in [0.5, 0.6) is 0 Å². The molecule has 3 aromatic heterocycles. The van der Waals surface area contributed by atoms with Gasteiger partial charge in [0.25, 0.3) is 12.3 Å². The van der Waals surface area contributed by atoms with Crippen LogP contribution in [0.25, 0.3) is 22.0 Å². The Bertz CT molecular complexity index is 2710. The molecule has 3 aliphatic rings. The van der Waals surface area contributed by atoms with E-state index >= 15 is 8.78 Å². The number of hydrogen-bond donors (Lipinski definition) is 3. The van der Waals surface area contributed by atoms with Gasteiger partial charge in [0.15, 0.2) is 5.82 Å². The molecule has 310 valence electrons. The molecular weight excluding hydrogens is 828 g/mol. The number of benzene rings is 2. The lowest BCUT2D eigenvalue weighted by molar-refractivity contribution is -0.122. The Morgan fingerprint density at radius 2 is 1.76 bits per heavy atom. The molecule has 2 fully saturated rings. The Hall–Kier alpha value is -5.16. The standard InChI is InChI=1S/C39H34ClF6N7O5S/c1-52-32-23(5-6-27(40)29(32)37(50-52)51-59(2,56)57)22-4-3-21(7-8-38(55)9-11-58-12-10-38)48-30(22)25(15-18-13-19(41)16-20(42)14-18)33(36(47)54)53-34-28(31(49-53)35(43)44)24-17-26(24)39(34,45)46/h3-6,13-14,16,24-26,33,35,55H,9-12,15,17H2,1-2H3,(H2,47,54)(H,50,51)/t24-,25+,26+,33?/m0/s1. The van der Waals surface area contributed by atoms with Crippen molar-refractivity contribution in [3.63, 3.8) is 0 Å². The predicted octanol–water partition coefficient (Wildman–Crippen LogP) is 6.23. The van der Waals surface area contributed by atoms with Crippen molar-refractivity contribution in [2.75, 3.05) is 24.2 Å². The number of halogens is 7. The first-order valence-corrected chi connectivity index (χ1v) is 20.5. The zero-order chi connectivity index (χ0) is 42.3. The first kappa shape index (κ1) is 40.6. The van der Waals surface area contributed by atoms with Crippen LogP contribution in [0.15, 0.2) is 42.5 Å². The number of fused-ring (bicyclic) bond motifs is 4. The number of hydrogen-bond acceptors (Lipinski definition) is 8. The van der Waals surface area contributed by atoms with Gasteiger partial charge >= 0.3 is 0 Å². The monoisotopic (exact) mass is 861 g/mol. The van der Waals surface area contributed by atoms with Crippen LogP contribution < -0.4 is 10.5 Å². The van der Waals surface area contributed by atoms with Gasteiger partial charge in [-0.2, -0.15) is 19.0 Å². The molecule has 4 heterocycles. The maximum Gasteiger partial charge on any atom is 0.293 e. The fourth-order valence-corrected chi connectivity index (χ4v) is 9.09. The van der Waals surface area contributed by atoms with E-state index in [-0.39, 0.29) is 87.9 Å². The number of anilines is 1. The molecule has 4 N–H and O–H groups in total. The zero-order valence-corrected chi connectivity index (χ0v) is 32.7. The van der Waals surface area contributed by atoms with Gasteiger partial charge in [-0.1, -0.05) is 23.6 Å². The summed E-state index contributed by atoms with van der Waals surface area (Å²) in [5, 5.41) is 19.6. The Labute approximate surface area is 337 Å². The van der Waals surface area contributed by atoms with E-state index in [0.717, 1.165) is 18.4 Å². The molecule has 1 unspecified atom stereocenters. The lowest BCUT2D eigenvalue weighted by Crippen LogP contribution is -2.37. The number of nitrogens with zero attached hydrogens (tertiary/aromatic N) is 5. The number of carbonyl (C=O) groups excluding carboxylic acids is 1. The number of nitrogens with two attached hydrogens (primary N) is 1. The van der Waals surface area contributed by atoms with Crippen molar-refractivity contribution in [1.82, 2.24) is 24.5 Å². The third-order valence-electron chi connectivity index (χ3n) is 11.0. The molecule has 20 heteroatoms. The van der Waals surface area contributed by atoms with Crippen LogP contribution in [-0.4, -0.2) is 69.0 Å². The Morgan fingerprint density at radius 3 is 2.41 bits per heavy atom. The Balaban J connectivity index is 1.42. The molecule has 1 amide bonds. The highest BCUT2D eigenvalue weighted by Gasteiger charge is 2.67. The van der Waals surface area contributed by atoms with E-state index in [1.54, 1.807) is 0 Å². The molecule has 1 aliphatic heterocycles. The van der Waals surface area contributed by atoms with E-state index in [1.807, 2.05) is 0 Å². The number of aliphatic hydroxyl groups is 1. The second kappa shape index (κ2) is 14.5. The number of primary amides is 1. The molecule has 0 bridgehead atoms. The molecule has 4 atom stereocenters. The average Bonchev–Trinajstić information content (AvgIpc) is 3.68. The van der Waals surface area contributed by atoms with Crippen molar-refractivity contribution in [3.05, 3.63) is 93.0 Å². The minimum absolute atomic E-state index is 0.0116. The van der Waals surface area contributed by atoms with Crippen LogP contribution >= 0.6 is 11.6 Å². The van der Waals surface area contributed by atoms with E-state index in [2.05, 4.69) is 26.8 Å². The van der Waals surface area contributed by atoms with Crippen LogP contribution in [-0.2, 0) is 38.9 Å². The molecule has 1 saturated heterocycles. The summed E-state index contributed by atoms with van der Waals surface area (Å²) < 4.78 is 125. The third-order valence-corrected chi connectivity index (χ3v) is 11.8. The quantitative estimate of drug-likeness (QED) is 0.110. The summed E-state index contributed by atoms with van der Waals surface area (Å²) in [6.07, 6.45) is -2.68. The summed E-state index contributed by atoms with van der Waals surface area (Å²) in [6.45, 7) is 0.452. The summed E-state index contributed by atoms with van der Waals surface area (Å²) in [4.78, 5) is 18.7. The van der Waals surface area contributed by atoms with Crippen molar-refractivity contribution in [2.24, 2.45) is 18.7 Å². The smallest absolute Gasteiger partial charge is 0.293 e. The van der Waals surface area contributed by atoms with Crippen LogP contribution in [0.4, 0.5) is 32.2 Å². The highest BCUT2D eigenvalue weighted by molar-refractivity contribution is 7.92. The lowest BCUT2D eigenvalue weighted by atomic mass is 9.84. The van der Waals surface area contributed by atoms with Crippen molar-refractivity contribution >= 4 is 44.3 Å². The van der Waals surface area contributed by atoms with Crippen LogP contribution in [0.2, 0.25) is 5.02 Å². The molecule has 8 rings (SSSR count). The van der Waals surface area contributed by atoms with Crippen molar-refractivity contribution < 1.29 is 49.4 Å². The summed E-state index contributed by atoms with van der Waals surface area (Å²) >= 11 is 6.62. The number of carbonyl (C=O) groups is 1. The second-order valence-corrected chi connectivity index (χ2v) is 17.2. The molecule has 12 nitrogen and oxygen atoms in total. The van der Waals surface area contributed by atoms with Gasteiger partial charge in [-0.15, -0.1) is 0 Å². The van der Waals surface area contributed by atoms with Crippen molar-refractivity contribution in [3.8, 4) is 23.0 Å². The number of rotatable bonds is 10. The fraction of sp³-hybridized carbons (Fsp3) is 0.385. The largest absolute Gasteiger partial charge is 0.381 e. The first-order valence-electron chi connectivity index (χ1n) is 18.3. The molecule has 1 saturated carbocycles. The number of nitrogens with one attached hydrogen (secondary N) is 1. The number of sulfonamides is 1. The number of amides is 1. The van der Waals surface area contributed by atoms with Gasteiger partial charge in [-0.25, -0.2) is 35.6 Å². The SMILES string of the molecule is Cn1nc(NS(C)(=O)=O)c2c(Cl)ccc(-c3ccc(C#CC4(O)CCOCC4)nc3[C@@H](Cc3cc(F)cc(F)c3)C(C(N)=O)n3nc(C(F)F)c4c3C(F)(F)[C@@H]3C[C@H]43)c21. The number of ether oxygens (including phenoxy) is 1. The predicted molar refractivity (Wildman–Crippen MR) is 202 cm³/mol. The highest BCUT2D eigenvalue weighted by atomic mass is 35.5. The van der Waals surface area contributed by atoms with Gasteiger partial charge in [-0.3, -0.25) is 14.2 Å². The topological polar surface area (TPSA) is 167 Å². The molecule has 59 heavy (non-hydrogen) atoms. The van der Waals surface area contributed by atoms with Crippen LogP contribution in [0.3, 0.4) is 0 Å². The van der Waals surface area contributed by atoms with E-state index in [4.69, 9.17) is 27.1 Å². The summed E-state index contributed by atoms with van der Waals surface area (Å²) in [6, 6.07) is 6.37. The maximum atomic E-state index is 16.1. The molecule has 0 spiro atoms. The van der Waals surface area contributed by atoms with Gasteiger partial charge in [0.1, 0.15) is 40.4 Å². The maximum absolute atomic E-state index is 16.1. The molecule has 2 aliphatic carbocycles. The van der Waals surface area contributed by atoms with E-state index < -0.39 is 87.1 Å². The van der Waals surface area contributed by atoms with Gasteiger partial charge < -0.3 is 15.6 Å². The summed E-state index contributed by atoms with van der Waals surface area (Å²) in [7, 11) is -2.40. The lowest BCUT2D eigenvalue weighted by Gasteiger charge is -2.29. The fourth-order valence-electron chi connectivity index (χ4n) is 8.36. The Morgan fingerprint density at radius 1 is 1.08 bits per heavy atom. The zero-order valence-electron chi connectivity index (χ0n) is 31.1. The summed E-state index contributed by atoms with van der Waals surface area (Å²) in [5.41, 5.74) is 2.71. The van der Waals surface area contributed by atoms with Gasteiger partial charge in [0, 0.05) is 54.5 Å². The van der Waals surface area contributed by atoms with E-state index in [0.29, 0.717) is 10.7 Å². The molecule has 0 radical (unpaired) electrons. The van der Waals surface area contributed by atoms with E-state index in [9.17, 15) is 35.9 Å². The molecular formula is C39H34ClF6N7O5S. The number of aromatic nitrogens is 5. The second-order valence-electron chi connectivity index (χ2n) is 15.1. The van der Waals surface area contributed by atoms with Crippen molar-refractivity contribution in [2.45, 2.75) is 61.5 Å². The first-order chi connectivity index (χ1) is 27.8. The van der Waals surface area contributed by atoms with Gasteiger partial charge in [0.05, 0.1) is 41.1 Å². The normalized spacial score (nSPS) is 20.1. The minimum atomic E-state index is -3.89. The number of alkyl halides is 4. The highest BCUT2D eigenvalue weighted by Crippen LogP contribution is 2.68. The van der Waals surface area contributed by atoms with Crippen LogP contribution in [0.1, 0.15) is 77.5 Å². The van der Waals surface area contributed by atoms with Crippen LogP contribution in [0, 0.1) is 29.4 Å². The molecule has 5 aromatic rings. The van der Waals surface area contributed by atoms with E-state index in [1.165, 1.54) is 36.0 Å². The number of aryl methyl sites for hydroxylation is 1. The van der Waals surface area contributed by atoms with Gasteiger partial charge in [0.2, 0.25) is 15.9 Å². The number of pyridine rings is 1. The van der Waals surface area contributed by atoms with Crippen molar-refractivity contribution in [1.29, 1.82) is 0 Å². The third kappa shape index (κ3) is 7.40. The average molecular weight is 862 g/mol.